The minimum Gasteiger partial charge on any atom is -0.339 e. The summed E-state index contributed by atoms with van der Waals surface area (Å²) in [5.41, 5.74) is 0.682. The Morgan fingerprint density at radius 1 is 1.36 bits per heavy atom. The van der Waals surface area contributed by atoms with Crippen molar-refractivity contribution in [1.82, 2.24) is 14.4 Å². The van der Waals surface area contributed by atoms with Crippen molar-refractivity contribution in [3.8, 4) is 0 Å². The average Bonchev–Trinajstić information content (AvgIpc) is 3.10. The van der Waals surface area contributed by atoms with Crippen molar-refractivity contribution in [1.29, 1.82) is 0 Å². The predicted molar refractivity (Wildman–Crippen MR) is 81.3 cm³/mol. The van der Waals surface area contributed by atoms with E-state index in [2.05, 4.69) is 10.1 Å². The van der Waals surface area contributed by atoms with Crippen molar-refractivity contribution in [3.05, 3.63) is 40.5 Å². The van der Waals surface area contributed by atoms with Crippen LogP contribution in [0.15, 0.2) is 27.6 Å². The van der Waals surface area contributed by atoms with Gasteiger partial charge in [0.2, 0.25) is 15.9 Å². The van der Waals surface area contributed by atoms with Crippen LogP contribution in [0.3, 0.4) is 0 Å². The summed E-state index contributed by atoms with van der Waals surface area (Å²) >= 11 is 5.94. The molecule has 0 saturated carbocycles. The molecule has 6 nitrogen and oxygen atoms in total. The second-order valence-electron chi connectivity index (χ2n) is 5.44. The quantitative estimate of drug-likeness (QED) is 0.857. The SMILES string of the molecule is Cc1noc([C@H]2CCN(S(=O)(=O)c3cc(Cl)ccc3C)C2)n1. The summed E-state index contributed by atoms with van der Waals surface area (Å²) in [6.45, 7) is 4.28. The first kappa shape index (κ1) is 15.5. The molecule has 8 heteroatoms. The minimum absolute atomic E-state index is 0.0598. The normalized spacial score (nSPS) is 19.7. The Balaban J connectivity index is 1.86. The van der Waals surface area contributed by atoms with Gasteiger partial charge in [0.1, 0.15) is 0 Å². The summed E-state index contributed by atoms with van der Waals surface area (Å²) in [5, 5.41) is 4.17. The summed E-state index contributed by atoms with van der Waals surface area (Å²) in [4.78, 5) is 4.45. The van der Waals surface area contributed by atoms with Crippen molar-refractivity contribution in [2.75, 3.05) is 13.1 Å². The van der Waals surface area contributed by atoms with Crippen molar-refractivity contribution < 1.29 is 12.9 Å². The fraction of sp³-hybridized carbons (Fsp3) is 0.429. The lowest BCUT2D eigenvalue weighted by atomic mass is 10.1. The van der Waals surface area contributed by atoms with Crippen molar-refractivity contribution in [3.63, 3.8) is 0 Å². The summed E-state index contributed by atoms with van der Waals surface area (Å²) in [7, 11) is -3.57. The number of benzene rings is 1. The highest BCUT2D eigenvalue weighted by molar-refractivity contribution is 7.89. The lowest BCUT2D eigenvalue weighted by Crippen LogP contribution is -2.29. The molecule has 0 radical (unpaired) electrons. The molecule has 118 valence electrons. The van der Waals surface area contributed by atoms with Crippen molar-refractivity contribution in [2.45, 2.75) is 31.1 Å². The molecule has 0 spiro atoms. The third-order valence-electron chi connectivity index (χ3n) is 3.81. The van der Waals surface area contributed by atoms with Gasteiger partial charge in [-0.15, -0.1) is 0 Å². The van der Waals surface area contributed by atoms with Crippen LogP contribution in [0.25, 0.3) is 0 Å². The van der Waals surface area contributed by atoms with Crippen LogP contribution in [0.5, 0.6) is 0 Å². The van der Waals surface area contributed by atoms with E-state index in [9.17, 15) is 8.42 Å². The molecule has 2 aromatic rings. The number of hydrogen-bond acceptors (Lipinski definition) is 5. The number of halogens is 1. The van der Waals surface area contributed by atoms with Crippen molar-refractivity contribution >= 4 is 21.6 Å². The third kappa shape index (κ3) is 2.76. The Hall–Kier alpha value is -1.44. The van der Waals surface area contributed by atoms with Gasteiger partial charge in [-0.05, 0) is 38.0 Å². The first-order valence-electron chi connectivity index (χ1n) is 6.94. The van der Waals surface area contributed by atoms with Gasteiger partial charge in [0.15, 0.2) is 5.82 Å². The summed E-state index contributed by atoms with van der Waals surface area (Å²) in [6.07, 6.45) is 0.667. The van der Waals surface area contributed by atoms with Gasteiger partial charge in [0, 0.05) is 18.1 Å². The molecule has 1 aliphatic rings. The minimum atomic E-state index is -3.57. The van der Waals surface area contributed by atoms with Gasteiger partial charge in [-0.3, -0.25) is 0 Å². The number of hydrogen-bond donors (Lipinski definition) is 0. The highest BCUT2D eigenvalue weighted by atomic mass is 35.5. The molecule has 1 atom stereocenters. The zero-order chi connectivity index (χ0) is 15.9. The van der Waals surface area contributed by atoms with E-state index in [4.69, 9.17) is 16.1 Å². The third-order valence-corrected chi connectivity index (χ3v) is 6.05. The van der Waals surface area contributed by atoms with Crippen LogP contribution in [0.4, 0.5) is 0 Å². The standard InChI is InChI=1S/C14H16ClN3O3S/c1-9-3-4-12(15)7-13(9)22(19,20)18-6-5-11(8-18)14-16-10(2)17-21-14/h3-4,7,11H,5-6,8H2,1-2H3/t11-/m0/s1. The molecule has 1 fully saturated rings. The first-order valence-corrected chi connectivity index (χ1v) is 8.76. The molecule has 22 heavy (non-hydrogen) atoms. The van der Waals surface area contributed by atoms with Crippen molar-refractivity contribution in [2.24, 2.45) is 0 Å². The molecule has 3 rings (SSSR count). The molecule has 0 bridgehead atoms. The number of sulfonamides is 1. The molecule has 1 aliphatic heterocycles. The first-order chi connectivity index (χ1) is 10.4. The zero-order valence-electron chi connectivity index (χ0n) is 12.3. The average molecular weight is 342 g/mol. The van der Waals surface area contributed by atoms with E-state index in [1.54, 1.807) is 26.0 Å². The Kier molecular flexibility index (Phi) is 3.96. The van der Waals surface area contributed by atoms with Gasteiger partial charge >= 0.3 is 0 Å². The Labute approximate surface area is 134 Å². The molecule has 0 amide bonds. The fourth-order valence-electron chi connectivity index (χ4n) is 2.62. The number of aromatic nitrogens is 2. The van der Waals surface area contributed by atoms with Gasteiger partial charge in [-0.1, -0.05) is 22.8 Å². The molecule has 0 aliphatic carbocycles. The van der Waals surface area contributed by atoms with Gasteiger partial charge in [0.25, 0.3) is 0 Å². The molecule has 0 unspecified atom stereocenters. The molecule has 1 aromatic heterocycles. The van der Waals surface area contributed by atoms with Gasteiger partial charge < -0.3 is 4.52 Å². The van der Waals surface area contributed by atoms with Crippen LogP contribution in [0.1, 0.15) is 29.6 Å². The molecule has 1 saturated heterocycles. The van der Waals surface area contributed by atoms with Crippen LogP contribution in [-0.4, -0.2) is 36.0 Å². The number of aryl methyl sites for hydroxylation is 2. The van der Waals surface area contributed by atoms with E-state index in [0.717, 1.165) is 0 Å². The maximum Gasteiger partial charge on any atom is 0.243 e. The van der Waals surface area contributed by atoms with E-state index in [-0.39, 0.29) is 10.8 Å². The predicted octanol–water partition coefficient (Wildman–Crippen LogP) is 2.52. The van der Waals surface area contributed by atoms with Gasteiger partial charge in [-0.2, -0.15) is 9.29 Å². The van der Waals surface area contributed by atoms with Gasteiger partial charge in [0.05, 0.1) is 10.8 Å². The monoisotopic (exact) mass is 341 g/mol. The van der Waals surface area contributed by atoms with Crippen LogP contribution in [-0.2, 0) is 10.0 Å². The topological polar surface area (TPSA) is 76.3 Å². The molecule has 2 heterocycles. The summed E-state index contributed by atoms with van der Waals surface area (Å²) in [5.74, 6) is 0.996. The number of rotatable bonds is 3. The lowest BCUT2D eigenvalue weighted by molar-refractivity contribution is 0.351. The highest BCUT2D eigenvalue weighted by Crippen LogP contribution is 2.32. The van der Waals surface area contributed by atoms with E-state index in [1.165, 1.54) is 10.4 Å². The largest absolute Gasteiger partial charge is 0.339 e. The summed E-state index contributed by atoms with van der Waals surface area (Å²) < 4.78 is 32.2. The maximum atomic E-state index is 12.8. The van der Waals surface area contributed by atoms with Crippen LogP contribution in [0, 0.1) is 13.8 Å². The molecule has 1 aromatic carbocycles. The Bertz CT molecular complexity index is 803. The van der Waals surface area contributed by atoms with E-state index < -0.39 is 10.0 Å². The van der Waals surface area contributed by atoms with Crippen LogP contribution < -0.4 is 0 Å². The van der Waals surface area contributed by atoms with E-state index >= 15 is 0 Å². The fourth-order valence-corrected chi connectivity index (χ4v) is 4.61. The van der Waals surface area contributed by atoms with E-state index in [1.807, 2.05) is 0 Å². The number of nitrogens with zero attached hydrogens (tertiary/aromatic N) is 3. The second kappa shape index (κ2) is 5.64. The zero-order valence-corrected chi connectivity index (χ0v) is 13.9. The second-order valence-corrected chi connectivity index (χ2v) is 7.78. The van der Waals surface area contributed by atoms with Gasteiger partial charge in [-0.25, -0.2) is 8.42 Å². The molecule has 0 N–H and O–H groups in total. The summed E-state index contributed by atoms with van der Waals surface area (Å²) in [6, 6.07) is 4.89. The Morgan fingerprint density at radius 2 is 2.14 bits per heavy atom. The van der Waals surface area contributed by atoms with E-state index in [0.29, 0.717) is 41.8 Å². The van der Waals surface area contributed by atoms with Crippen LogP contribution >= 0.6 is 11.6 Å². The maximum absolute atomic E-state index is 12.8. The highest BCUT2D eigenvalue weighted by Gasteiger charge is 2.36. The lowest BCUT2D eigenvalue weighted by Gasteiger charge is -2.17. The Morgan fingerprint density at radius 3 is 2.82 bits per heavy atom. The smallest absolute Gasteiger partial charge is 0.243 e. The molecular weight excluding hydrogens is 326 g/mol. The molecular formula is C14H16ClN3O3S. The van der Waals surface area contributed by atoms with Crippen LogP contribution in [0.2, 0.25) is 5.02 Å².